The highest BCUT2D eigenvalue weighted by Gasteiger charge is 2.41. The van der Waals surface area contributed by atoms with Gasteiger partial charge in [0.1, 0.15) is 6.61 Å². The molecule has 0 saturated heterocycles. The van der Waals surface area contributed by atoms with Crippen LogP contribution < -0.4 is 0 Å². The Bertz CT molecular complexity index is 1220. The van der Waals surface area contributed by atoms with E-state index in [1.807, 2.05) is 79.7 Å². The first kappa shape index (κ1) is 25.7. The fourth-order valence-electron chi connectivity index (χ4n) is 4.32. The van der Waals surface area contributed by atoms with Crippen molar-refractivity contribution in [2.45, 2.75) is 32.9 Å². The molecule has 8 heteroatoms. The molecular weight excluding hydrogens is 474 g/mol. The molecule has 2 aliphatic heterocycles. The Morgan fingerprint density at radius 3 is 2.58 bits per heavy atom. The summed E-state index contributed by atoms with van der Waals surface area (Å²) in [5, 5.41) is 2.71. The summed E-state index contributed by atoms with van der Waals surface area (Å²) in [6, 6.07) is 17.5. The summed E-state index contributed by atoms with van der Waals surface area (Å²) >= 11 is 1.47. The van der Waals surface area contributed by atoms with Crippen molar-refractivity contribution >= 4 is 28.8 Å². The van der Waals surface area contributed by atoms with Crippen LogP contribution in [0.4, 0.5) is 0 Å². The van der Waals surface area contributed by atoms with Gasteiger partial charge in [0.05, 0.1) is 30.3 Å². The molecule has 0 fully saturated rings. The first-order chi connectivity index (χ1) is 17.4. The lowest BCUT2D eigenvalue weighted by Gasteiger charge is -2.36. The zero-order valence-corrected chi connectivity index (χ0v) is 21.9. The number of amides is 1. The molecule has 4 rings (SSSR count). The van der Waals surface area contributed by atoms with Crippen LogP contribution >= 0.6 is 11.8 Å². The average Bonchev–Trinajstić information content (AvgIpc) is 3.25. The number of amidine groups is 1. The Kier molecular flexibility index (Phi) is 8.28. The van der Waals surface area contributed by atoms with Crippen molar-refractivity contribution in [3.05, 3.63) is 93.7 Å². The molecule has 2 aromatic carbocycles. The minimum Gasteiger partial charge on any atom is -0.460 e. The molecule has 188 valence electrons. The van der Waals surface area contributed by atoms with Gasteiger partial charge < -0.3 is 19.3 Å². The number of hydrogen-bond donors (Lipinski definition) is 0. The second-order valence-electron chi connectivity index (χ2n) is 8.85. The van der Waals surface area contributed by atoms with Crippen LogP contribution in [-0.4, -0.2) is 54.2 Å². The van der Waals surface area contributed by atoms with Gasteiger partial charge >= 0.3 is 5.97 Å². The predicted octanol–water partition coefficient (Wildman–Crippen LogP) is 4.81. The van der Waals surface area contributed by atoms with Gasteiger partial charge in [0.2, 0.25) is 5.91 Å². The molecule has 2 aliphatic rings. The number of carbonyl (C=O) groups excluding carboxylic acids is 2. The molecule has 0 N–H and O–H groups in total. The van der Waals surface area contributed by atoms with Crippen LogP contribution in [-0.2, 0) is 25.6 Å². The van der Waals surface area contributed by atoms with Gasteiger partial charge in [0.25, 0.3) is 0 Å². The van der Waals surface area contributed by atoms with E-state index in [2.05, 4.69) is 6.07 Å². The zero-order valence-electron chi connectivity index (χ0n) is 21.1. The van der Waals surface area contributed by atoms with Crippen molar-refractivity contribution in [1.82, 2.24) is 9.80 Å². The van der Waals surface area contributed by atoms with Gasteiger partial charge in [-0.3, -0.25) is 4.79 Å². The molecule has 0 saturated carbocycles. The number of fused-ring (bicyclic) bond motifs is 1. The first-order valence-electron chi connectivity index (χ1n) is 11.8. The fraction of sp³-hybridized carbons (Fsp3) is 0.321. The van der Waals surface area contributed by atoms with Crippen LogP contribution in [0.2, 0.25) is 0 Å². The van der Waals surface area contributed by atoms with E-state index in [0.29, 0.717) is 24.4 Å². The van der Waals surface area contributed by atoms with Crippen molar-refractivity contribution < 1.29 is 19.1 Å². The number of hydrogen-bond acceptors (Lipinski definition) is 7. The molecular formula is C28H31N3O4S. The molecule has 0 spiro atoms. The highest BCUT2D eigenvalue weighted by atomic mass is 32.2. The maximum atomic E-state index is 13.2. The summed E-state index contributed by atoms with van der Waals surface area (Å²) in [6.07, 6.45) is 0.197. The molecule has 1 amide bonds. The summed E-state index contributed by atoms with van der Waals surface area (Å²) in [5.41, 5.74) is 4.99. The number of nitrogens with zero attached hydrogens (tertiary/aromatic N) is 3. The van der Waals surface area contributed by atoms with Crippen LogP contribution in [0.15, 0.2) is 82.0 Å². The Morgan fingerprint density at radius 2 is 1.86 bits per heavy atom. The van der Waals surface area contributed by atoms with Crippen LogP contribution in [0.5, 0.6) is 0 Å². The van der Waals surface area contributed by atoms with Gasteiger partial charge in [-0.25, -0.2) is 9.79 Å². The van der Waals surface area contributed by atoms with Gasteiger partial charge in [-0.2, -0.15) is 0 Å². The monoisotopic (exact) mass is 505 g/mol. The second-order valence-corrected chi connectivity index (χ2v) is 9.68. The van der Waals surface area contributed by atoms with Crippen LogP contribution in [0.3, 0.4) is 0 Å². The zero-order chi connectivity index (χ0) is 25.7. The lowest BCUT2D eigenvalue weighted by Crippen LogP contribution is -2.38. The number of allylic oxidation sites excluding steroid dienone is 1. The molecule has 1 atom stereocenters. The number of carbonyl (C=O) groups is 2. The Hall–Kier alpha value is -3.36. The average molecular weight is 506 g/mol. The van der Waals surface area contributed by atoms with Gasteiger partial charge in [-0.05, 0) is 30.4 Å². The summed E-state index contributed by atoms with van der Waals surface area (Å²) in [6.45, 7) is 4.85. The molecule has 2 aromatic rings. The van der Waals surface area contributed by atoms with Crippen LogP contribution in [0.1, 0.15) is 36.1 Å². The predicted molar refractivity (Wildman–Crippen MR) is 142 cm³/mol. The third kappa shape index (κ3) is 5.71. The summed E-state index contributed by atoms with van der Waals surface area (Å²) in [7, 11) is 3.37. The molecule has 0 aliphatic carbocycles. The lowest BCUT2D eigenvalue weighted by atomic mass is 9.93. The van der Waals surface area contributed by atoms with E-state index in [1.165, 1.54) is 11.8 Å². The van der Waals surface area contributed by atoms with E-state index in [9.17, 15) is 9.59 Å². The highest BCUT2D eigenvalue weighted by Crippen LogP contribution is 2.45. The van der Waals surface area contributed by atoms with Gasteiger partial charge in [-0.15, -0.1) is 0 Å². The molecule has 0 radical (unpaired) electrons. The van der Waals surface area contributed by atoms with Gasteiger partial charge in [-0.1, -0.05) is 71.9 Å². The third-order valence-corrected chi connectivity index (χ3v) is 7.01. The first-order valence-corrected chi connectivity index (χ1v) is 12.7. The maximum Gasteiger partial charge on any atom is 0.338 e. The molecule has 0 bridgehead atoms. The minimum absolute atomic E-state index is 0.00885. The standard InChI is InChI=1S/C28H31N3O4S/c1-19-9-8-12-22(15-19)26-25(27(33)35-14-13-34-4)20(2)29-28-31(26)23(18-36-28)16-24(32)30(3)17-21-10-6-5-7-11-21/h5-12,15,18,26H,13-14,16-17H2,1-4H3. The number of benzene rings is 2. The van der Waals surface area contributed by atoms with Gasteiger partial charge in [0, 0.05) is 26.4 Å². The summed E-state index contributed by atoms with van der Waals surface area (Å²) < 4.78 is 10.6. The second kappa shape index (κ2) is 11.6. The Balaban J connectivity index is 1.62. The third-order valence-electron chi connectivity index (χ3n) is 6.12. The van der Waals surface area contributed by atoms with Crippen molar-refractivity contribution in [1.29, 1.82) is 0 Å². The number of rotatable bonds is 9. The molecule has 36 heavy (non-hydrogen) atoms. The quantitative estimate of drug-likeness (QED) is 0.360. The minimum atomic E-state index is -0.444. The molecule has 2 heterocycles. The Labute approximate surface area is 216 Å². The number of thioether (sulfide) groups is 1. The highest BCUT2D eigenvalue weighted by molar-refractivity contribution is 8.16. The molecule has 1 unspecified atom stereocenters. The Morgan fingerprint density at radius 1 is 1.08 bits per heavy atom. The maximum absolute atomic E-state index is 13.2. The van der Waals surface area contributed by atoms with E-state index < -0.39 is 12.0 Å². The number of aliphatic imine (C=N–C) groups is 1. The van der Waals surface area contributed by atoms with E-state index in [4.69, 9.17) is 14.5 Å². The summed E-state index contributed by atoms with van der Waals surface area (Å²) in [5.74, 6) is -0.437. The van der Waals surface area contributed by atoms with Gasteiger partial charge in [0.15, 0.2) is 5.17 Å². The van der Waals surface area contributed by atoms with E-state index >= 15 is 0 Å². The number of methoxy groups -OCH3 is 1. The number of aryl methyl sites for hydroxylation is 1. The topological polar surface area (TPSA) is 71.4 Å². The van der Waals surface area contributed by atoms with Crippen molar-refractivity contribution in [2.24, 2.45) is 4.99 Å². The smallest absolute Gasteiger partial charge is 0.338 e. The summed E-state index contributed by atoms with van der Waals surface area (Å²) in [4.78, 5) is 34.9. The number of esters is 1. The lowest BCUT2D eigenvalue weighted by molar-refractivity contribution is -0.141. The van der Waals surface area contributed by atoms with Crippen molar-refractivity contribution in [3.8, 4) is 0 Å². The molecule has 7 nitrogen and oxygen atoms in total. The SMILES string of the molecule is COCCOC(=O)C1=C(C)N=C2SC=C(CC(=O)N(C)Cc3ccccc3)N2C1c1cccc(C)c1. The van der Waals surface area contributed by atoms with Crippen LogP contribution in [0.25, 0.3) is 0 Å². The normalized spacial score (nSPS) is 16.9. The molecule has 0 aromatic heterocycles. The van der Waals surface area contributed by atoms with Crippen molar-refractivity contribution in [3.63, 3.8) is 0 Å². The van der Waals surface area contributed by atoms with Crippen LogP contribution in [0, 0.1) is 6.92 Å². The van der Waals surface area contributed by atoms with E-state index in [-0.39, 0.29) is 18.9 Å². The van der Waals surface area contributed by atoms with Crippen molar-refractivity contribution in [2.75, 3.05) is 27.4 Å². The fourth-order valence-corrected chi connectivity index (χ4v) is 5.28. The number of ether oxygens (including phenoxy) is 2. The van der Waals surface area contributed by atoms with E-state index in [0.717, 1.165) is 27.6 Å². The van der Waals surface area contributed by atoms with E-state index in [1.54, 1.807) is 12.0 Å². The largest absolute Gasteiger partial charge is 0.460 e.